The smallest absolute Gasteiger partial charge is 0.348 e. The van der Waals surface area contributed by atoms with Crippen LogP contribution in [0, 0.1) is 13.8 Å². The molecule has 0 atom stereocenters. The van der Waals surface area contributed by atoms with Gasteiger partial charge in [-0.3, -0.25) is 19.7 Å². The lowest BCUT2D eigenvalue weighted by molar-refractivity contribution is 0.0479. The number of aryl methyl sites for hydroxylation is 1. The van der Waals surface area contributed by atoms with Gasteiger partial charge in [0.25, 0.3) is 5.91 Å². The number of thiophene rings is 1. The standard InChI is InChI=1S/C20H17ClN2O4S/c1-12-10-15(16(24)11-27-20(26)17-8-9-18(21)28-17)13(2)23(12)22-19(25)14-6-4-3-5-7-14/h3-10H,11H2,1-2H3,(H,22,25). The summed E-state index contributed by atoms with van der Waals surface area (Å²) >= 11 is 6.88. The Labute approximate surface area is 170 Å². The molecule has 0 saturated carbocycles. The van der Waals surface area contributed by atoms with E-state index in [1.54, 1.807) is 61.0 Å². The summed E-state index contributed by atoms with van der Waals surface area (Å²) in [5.74, 6) is -1.25. The molecule has 0 saturated heterocycles. The van der Waals surface area contributed by atoms with E-state index in [0.717, 1.165) is 11.3 Å². The third-order valence-electron chi connectivity index (χ3n) is 4.09. The van der Waals surface area contributed by atoms with Crippen LogP contribution in [0.2, 0.25) is 4.34 Å². The Morgan fingerprint density at radius 3 is 2.46 bits per heavy atom. The van der Waals surface area contributed by atoms with Crippen LogP contribution in [-0.4, -0.2) is 28.9 Å². The summed E-state index contributed by atoms with van der Waals surface area (Å²) in [6, 6.07) is 13.6. The number of amides is 1. The van der Waals surface area contributed by atoms with Crippen LogP contribution in [-0.2, 0) is 4.74 Å². The van der Waals surface area contributed by atoms with E-state index in [4.69, 9.17) is 16.3 Å². The van der Waals surface area contributed by atoms with Crippen LogP contribution in [0.3, 0.4) is 0 Å². The van der Waals surface area contributed by atoms with Crippen molar-refractivity contribution in [1.82, 2.24) is 4.68 Å². The van der Waals surface area contributed by atoms with Gasteiger partial charge in [-0.15, -0.1) is 11.3 Å². The van der Waals surface area contributed by atoms with Crippen molar-refractivity contribution in [3.63, 3.8) is 0 Å². The molecule has 0 bridgehead atoms. The molecule has 28 heavy (non-hydrogen) atoms. The van der Waals surface area contributed by atoms with Gasteiger partial charge in [0.2, 0.25) is 5.78 Å². The van der Waals surface area contributed by atoms with Gasteiger partial charge in [0, 0.05) is 22.5 Å². The number of aromatic nitrogens is 1. The third kappa shape index (κ3) is 4.32. The van der Waals surface area contributed by atoms with Gasteiger partial charge in [-0.25, -0.2) is 4.79 Å². The minimum Gasteiger partial charge on any atom is -0.453 e. The molecule has 0 aliphatic rings. The number of hydrogen-bond acceptors (Lipinski definition) is 5. The number of carbonyl (C=O) groups excluding carboxylic acids is 3. The largest absolute Gasteiger partial charge is 0.453 e. The van der Waals surface area contributed by atoms with Gasteiger partial charge in [-0.2, -0.15) is 0 Å². The van der Waals surface area contributed by atoms with Gasteiger partial charge in [0.1, 0.15) is 4.88 Å². The fourth-order valence-corrected chi connectivity index (χ4v) is 3.61. The zero-order chi connectivity index (χ0) is 20.3. The SMILES string of the molecule is Cc1cc(C(=O)COC(=O)c2ccc(Cl)s2)c(C)n1NC(=O)c1ccccc1. The first-order chi connectivity index (χ1) is 13.4. The zero-order valence-electron chi connectivity index (χ0n) is 15.2. The lowest BCUT2D eigenvalue weighted by Crippen LogP contribution is -2.25. The molecule has 2 heterocycles. The van der Waals surface area contributed by atoms with E-state index in [2.05, 4.69) is 5.43 Å². The molecular weight excluding hydrogens is 400 g/mol. The molecule has 0 unspecified atom stereocenters. The van der Waals surface area contributed by atoms with Crippen LogP contribution in [0.25, 0.3) is 0 Å². The molecule has 2 aromatic heterocycles. The van der Waals surface area contributed by atoms with E-state index in [1.807, 2.05) is 6.07 Å². The quantitative estimate of drug-likeness (QED) is 0.481. The highest BCUT2D eigenvalue weighted by Gasteiger charge is 2.19. The Morgan fingerprint density at radius 1 is 1.11 bits per heavy atom. The molecule has 0 spiro atoms. The fourth-order valence-electron chi connectivity index (χ4n) is 2.68. The fraction of sp³-hybridized carbons (Fsp3) is 0.150. The molecule has 1 amide bonds. The highest BCUT2D eigenvalue weighted by molar-refractivity contribution is 7.17. The van der Waals surface area contributed by atoms with Crippen molar-refractivity contribution in [2.75, 3.05) is 12.0 Å². The Morgan fingerprint density at radius 2 is 1.82 bits per heavy atom. The normalized spacial score (nSPS) is 10.5. The van der Waals surface area contributed by atoms with Crippen LogP contribution in [0.1, 0.15) is 41.8 Å². The molecule has 0 radical (unpaired) electrons. The summed E-state index contributed by atoms with van der Waals surface area (Å²) in [6.07, 6.45) is 0. The second-order valence-corrected chi connectivity index (χ2v) is 7.75. The number of rotatable bonds is 6. The zero-order valence-corrected chi connectivity index (χ0v) is 16.8. The molecule has 6 nitrogen and oxygen atoms in total. The van der Waals surface area contributed by atoms with Crippen LogP contribution < -0.4 is 5.43 Å². The predicted octanol–water partition coefficient (Wildman–Crippen LogP) is 4.24. The first-order valence-electron chi connectivity index (χ1n) is 8.38. The summed E-state index contributed by atoms with van der Waals surface area (Å²) < 4.78 is 7.09. The number of ketones is 1. The van der Waals surface area contributed by atoms with Gasteiger partial charge in [-0.1, -0.05) is 29.8 Å². The van der Waals surface area contributed by atoms with Crippen molar-refractivity contribution in [2.45, 2.75) is 13.8 Å². The molecule has 0 fully saturated rings. The predicted molar refractivity (Wildman–Crippen MR) is 108 cm³/mol. The van der Waals surface area contributed by atoms with Crippen molar-refractivity contribution < 1.29 is 19.1 Å². The second kappa shape index (κ2) is 8.41. The van der Waals surface area contributed by atoms with Gasteiger partial charge < -0.3 is 4.74 Å². The molecule has 1 N–H and O–H groups in total. The van der Waals surface area contributed by atoms with Crippen LogP contribution >= 0.6 is 22.9 Å². The summed E-state index contributed by atoms with van der Waals surface area (Å²) in [5.41, 5.74) is 4.89. The molecular formula is C20H17ClN2O4S. The van der Waals surface area contributed by atoms with E-state index in [-0.39, 0.29) is 11.7 Å². The lowest BCUT2D eigenvalue weighted by Gasteiger charge is -2.11. The number of esters is 1. The molecule has 1 aromatic carbocycles. The topological polar surface area (TPSA) is 77.4 Å². The van der Waals surface area contributed by atoms with Gasteiger partial charge in [0.05, 0.1) is 4.34 Å². The lowest BCUT2D eigenvalue weighted by atomic mass is 10.1. The molecule has 0 aliphatic heterocycles. The Kier molecular flexibility index (Phi) is 5.96. The number of carbonyl (C=O) groups is 3. The number of Topliss-reactive ketones (excluding diaryl/α,β-unsaturated/α-hetero) is 1. The number of hydrogen-bond donors (Lipinski definition) is 1. The van der Waals surface area contributed by atoms with E-state index in [9.17, 15) is 14.4 Å². The van der Waals surface area contributed by atoms with E-state index < -0.39 is 12.6 Å². The molecule has 0 aliphatic carbocycles. The Hall–Kier alpha value is -2.90. The van der Waals surface area contributed by atoms with Crippen molar-refractivity contribution in [2.24, 2.45) is 0 Å². The van der Waals surface area contributed by atoms with Crippen molar-refractivity contribution in [1.29, 1.82) is 0 Å². The summed E-state index contributed by atoms with van der Waals surface area (Å²) in [6.45, 7) is 3.09. The minimum atomic E-state index is -0.601. The maximum Gasteiger partial charge on any atom is 0.348 e. The first-order valence-corrected chi connectivity index (χ1v) is 9.57. The monoisotopic (exact) mass is 416 g/mol. The summed E-state index contributed by atoms with van der Waals surface area (Å²) in [7, 11) is 0. The highest BCUT2D eigenvalue weighted by Crippen LogP contribution is 2.22. The van der Waals surface area contributed by atoms with E-state index >= 15 is 0 Å². The second-order valence-electron chi connectivity index (χ2n) is 6.03. The summed E-state index contributed by atoms with van der Waals surface area (Å²) in [5, 5.41) is 0. The van der Waals surface area contributed by atoms with E-state index in [1.165, 1.54) is 0 Å². The number of nitrogens with one attached hydrogen (secondary N) is 1. The van der Waals surface area contributed by atoms with Gasteiger partial charge in [0.15, 0.2) is 6.61 Å². The number of nitrogens with zero attached hydrogens (tertiary/aromatic N) is 1. The maximum atomic E-state index is 12.5. The van der Waals surface area contributed by atoms with Crippen LogP contribution in [0.5, 0.6) is 0 Å². The number of halogens is 1. The molecule has 8 heteroatoms. The highest BCUT2D eigenvalue weighted by atomic mass is 35.5. The van der Waals surface area contributed by atoms with E-state index in [0.29, 0.717) is 31.7 Å². The number of ether oxygens (including phenoxy) is 1. The van der Waals surface area contributed by atoms with Crippen molar-refractivity contribution in [3.05, 3.63) is 80.3 Å². The molecule has 3 aromatic rings. The summed E-state index contributed by atoms with van der Waals surface area (Å²) in [4.78, 5) is 37.2. The Bertz CT molecular complexity index is 1040. The molecule has 3 rings (SSSR count). The average molecular weight is 417 g/mol. The average Bonchev–Trinajstić information content (AvgIpc) is 3.25. The first kappa shape index (κ1) is 19.9. The maximum absolute atomic E-state index is 12.5. The van der Waals surface area contributed by atoms with Gasteiger partial charge >= 0.3 is 5.97 Å². The van der Waals surface area contributed by atoms with Crippen molar-refractivity contribution >= 4 is 40.6 Å². The third-order valence-corrected chi connectivity index (χ3v) is 5.30. The van der Waals surface area contributed by atoms with Crippen LogP contribution in [0.15, 0.2) is 48.5 Å². The van der Waals surface area contributed by atoms with Gasteiger partial charge in [-0.05, 0) is 44.2 Å². The Balaban J connectivity index is 1.69. The minimum absolute atomic E-state index is 0.289. The van der Waals surface area contributed by atoms with Crippen LogP contribution in [0.4, 0.5) is 0 Å². The number of benzene rings is 1. The molecule has 144 valence electrons. The van der Waals surface area contributed by atoms with Crippen molar-refractivity contribution in [3.8, 4) is 0 Å².